The molecule has 1 heterocycles. The van der Waals surface area contributed by atoms with Gasteiger partial charge in [-0.2, -0.15) is 0 Å². The van der Waals surface area contributed by atoms with E-state index < -0.39 is 11.6 Å². The molecular formula is C7H13ClN4O2. The highest BCUT2D eigenvalue weighted by Gasteiger charge is 2.10. The molecule has 0 atom stereocenters. The fourth-order valence-corrected chi connectivity index (χ4v) is 1.12. The molecule has 5 N–H and O–H groups in total. The zero-order chi connectivity index (χ0) is 10.0. The number of anilines is 1. The van der Waals surface area contributed by atoms with Crippen molar-refractivity contribution in [1.82, 2.24) is 9.55 Å². The number of amides is 1. The first kappa shape index (κ1) is 12.6. The van der Waals surface area contributed by atoms with E-state index in [1.807, 2.05) is 6.92 Å². The molecule has 1 aromatic heterocycles. The molecule has 1 aromatic rings. The van der Waals surface area contributed by atoms with Crippen LogP contribution < -0.4 is 17.2 Å². The molecule has 0 aliphatic carbocycles. The number of nitrogens with two attached hydrogens (primary N) is 2. The van der Waals surface area contributed by atoms with Gasteiger partial charge in [-0.15, -0.1) is 12.4 Å². The van der Waals surface area contributed by atoms with Crippen molar-refractivity contribution in [1.29, 1.82) is 0 Å². The SMILES string of the molecule is CCc1[nH]c(=O)n(CC(N)=O)c1N.Cl. The summed E-state index contributed by atoms with van der Waals surface area (Å²) in [6.45, 7) is 1.68. The van der Waals surface area contributed by atoms with Crippen LogP contribution in [0, 0.1) is 0 Å². The van der Waals surface area contributed by atoms with Crippen molar-refractivity contribution >= 4 is 24.1 Å². The van der Waals surface area contributed by atoms with Crippen LogP contribution in [0.2, 0.25) is 0 Å². The molecule has 6 nitrogen and oxygen atoms in total. The van der Waals surface area contributed by atoms with E-state index in [2.05, 4.69) is 4.98 Å². The number of nitrogens with one attached hydrogen (secondary N) is 1. The molecule has 1 amide bonds. The second kappa shape index (κ2) is 4.71. The fourth-order valence-electron chi connectivity index (χ4n) is 1.12. The van der Waals surface area contributed by atoms with E-state index in [0.29, 0.717) is 12.1 Å². The smallest absolute Gasteiger partial charge is 0.327 e. The first-order chi connectivity index (χ1) is 6.06. The number of hydrogen-bond donors (Lipinski definition) is 3. The maximum Gasteiger partial charge on any atom is 0.327 e. The lowest BCUT2D eigenvalue weighted by Gasteiger charge is -2.00. The topological polar surface area (TPSA) is 107 Å². The monoisotopic (exact) mass is 220 g/mol. The van der Waals surface area contributed by atoms with Crippen LogP contribution in [0.4, 0.5) is 5.82 Å². The molecule has 1 rings (SSSR count). The number of hydrogen-bond acceptors (Lipinski definition) is 3. The van der Waals surface area contributed by atoms with E-state index in [4.69, 9.17) is 11.5 Å². The lowest BCUT2D eigenvalue weighted by molar-refractivity contribution is -0.118. The van der Waals surface area contributed by atoms with Gasteiger partial charge in [0.1, 0.15) is 12.4 Å². The van der Waals surface area contributed by atoms with Gasteiger partial charge in [0.25, 0.3) is 0 Å². The van der Waals surface area contributed by atoms with Crippen molar-refractivity contribution < 1.29 is 4.79 Å². The van der Waals surface area contributed by atoms with E-state index in [0.717, 1.165) is 4.57 Å². The molecule has 0 bridgehead atoms. The first-order valence-corrected chi connectivity index (χ1v) is 3.91. The number of nitrogen functional groups attached to an aromatic ring is 1. The molecule has 0 saturated heterocycles. The van der Waals surface area contributed by atoms with Crippen LogP contribution in [0.15, 0.2) is 4.79 Å². The Morgan fingerprint density at radius 2 is 2.14 bits per heavy atom. The maximum atomic E-state index is 11.2. The summed E-state index contributed by atoms with van der Waals surface area (Å²) in [6, 6.07) is 0. The molecule has 0 aromatic carbocycles. The van der Waals surface area contributed by atoms with Crippen molar-refractivity contribution in [2.24, 2.45) is 5.73 Å². The van der Waals surface area contributed by atoms with E-state index in [-0.39, 0.29) is 24.8 Å². The maximum absolute atomic E-state index is 11.2. The third-order valence-electron chi connectivity index (χ3n) is 1.77. The van der Waals surface area contributed by atoms with E-state index in [1.165, 1.54) is 0 Å². The van der Waals surface area contributed by atoms with Crippen LogP contribution >= 0.6 is 12.4 Å². The molecule has 0 aliphatic rings. The Hall–Kier alpha value is -1.43. The lowest BCUT2D eigenvalue weighted by Crippen LogP contribution is -2.27. The Kier molecular flexibility index (Phi) is 4.23. The first-order valence-electron chi connectivity index (χ1n) is 3.91. The van der Waals surface area contributed by atoms with Crippen LogP contribution in [0.25, 0.3) is 0 Å². The third-order valence-corrected chi connectivity index (χ3v) is 1.77. The van der Waals surface area contributed by atoms with Crippen LogP contribution in [0.1, 0.15) is 12.6 Å². The summed E-state index contributed by atoms with van der Waals surface area (Å²) < 4.78 is 1.13. The third kappa shape index (κ3) is 2.29. The van der Waals surface area contributed by atoms with E-state index >= 15 is 0 Å². The summed E-state index contributed by atoms with van der Waals surface area (Å²) in [6.07, 6.45) is 0.618. The number of nitrogens with zero attached hydrogens (tertiary/aromatic N) is 1. The molecule has 0 spiro atoms. The summed E-state index contributed by atoms with van der Waals surface area (Å²) in [5.41, 5.74) is 10.8. The van der Waals surface area contributed by atoms with Gasteiger partial charge in [-0.1, -0.05) is 6.92 Å². The molecular weight excluding hydrogens is 208 g/mol. The molecule has 0 aliphatic heterocycles. The Bertz CT molecular complexity index is 382. The van der Waals surface area contributed by atoms with E-state index in [1.54, 1.807) is 0 Å². The predicted octanol–water partition coefficient (Wildman–Crippen LogP) is -0.772. The number of carbonyl (C=O) groups is 1. The number of imidazole rings is 1. The van der Waals surface area contributed by atoms with E-state index in [9.17, 15) is 9.59 Å². The highest BCUT2D eigenvalue weighted by Crippen LogP contribution is 2.05. The van der Waals surface area contributed by atoms with Gasteiger partial charge in [0.05, 0.1) is 5.69 Å². The van der Waals surface area contributed by atoms with Crippen molar-refractivity contribution in [2.45, 2.75) is 19.9 Å². The Balaban J connectivity index is 0.00000169. The number of carbonyl (C=O) groups excluding carboxylic acids is 1. The molecule has 0 fully saturated rings. The number of H-pyrrole nitrogens is 1. The molecule has 7 heteroatoms. The van der Waals surface area contributed by atoms with Gasteiger partial charge in [0.2, 0.25) is 5.91 Å². The minimum Gasteiger partial charge on any atom is -0.384 e. The summed E-state index contributed by atoms with van der Waals surface area (Å²) in [4.78, 5) is 24.3. The highest BCUT2D eigenvalue weighted by atomic mass is 35.5. The fraction of sp³-hybridized carbons (Fsp3) is 0.429. The second-order valence-corrected chi connectivity index (χ2v) is 2.70. The highest BCUT2D eigenvalue weighted by molar-refractivity contribution is 5.85. The molecule has 0 unspecified atom stereocenters. The van der Waals surface area contributed by atoms with Gasteiger partial charge in [0, 0.05) is 0 Å². The molecule has 80 valence electrons. The van der Waals surface area contributed by atoms with Gasteiger partial charge in [0.15, 0.2) is 0 Å². The van der Waals surface area contributed by atoms with Gasteiger partial charge in [-0.05, 0) is 6.42 Å². The summed E-state index contributed by atoms with van der Waals surface area (Å²) >= 11 is 0. The van der Waals surface area contributed by atoms with Crippen molar-refractivity contribution in [2.75, 3.05) is 5.73 Å². The Morgan fingerprint density at radius 1 is 1.57 bits per heavy atom. The Morgan fingerprint density at radius 3 is 2.50 bits per heavy atom. The largest absolute Gasteiger partial charge is 0.384 e. The summed E-state index contributed by atoms with van der Waals surface area (Å²) in [5.74, 6) is -0.304. The van der Waals surface area contributed by atoms with Crippen molar-refractivity contribution in [3.05, 3.63) is 16.2 Å². The van der Waals surface area contributed by atoms with Gasteiger partial charge in [-0.25, -0.2) is 4.79 Å². The zero-order valence-corrected chi connectivity index (χ0v) is 8.56. The minimum absolute atomic E-state index is 0. The standard InChI is InChI=1S/C7H12N4O2.ClH/c1-2-4-6(9)11(3-5(8)12)7(13)10-4;/h2-3,9H2,1H3,(H2,8,12)(H,10,13);1H. The predicted molar refractivity (Wildman–Crippen MR) is 55.3 cm³/mol. The van der Waals surface area contributed by atoms with Crippen LogP contribution in [-0.2, 0) is 17.8 Å². The second-order valence-electron chi connectivity index (χ2n) is 2.70. The quantitative estimate of drug-likeness (QED) is 0.623. The molecule has 14 heavy (non-hydrogen) atoms. The van der Waals surface area contributed by atoms with Crippen molar-refractivity contribution in [3.63, 3.8) is 0 Å². The van der Waals surface area contributed by atoms with Gasteiger partial charge < -0.3 is 16.5 Å². The number of rotatable bonds is 3. The minimum atomic E-state index is -0.588. The van der Waals surface area contributed by atoms with Crippen LogP contribution in [0.3, 0.4) is 0 Å². The molecule has 0 saturated carbocycles. The number of aromatic nitrogens is 2. The molecule has 0 radical (unpaired) electrons. The Labute approximate surface area is 86.7 Å². The van der Waals surface area contributed by atoms with Crippen LogP contribution in [0.5, 0.6) is 0 Å². The van der Waals surface area contributed by atoms with Crippen molar-refractivity contribution in [3.8, 4) is 0 Å². The van der Waals surface area contributed by atoms with Crippen LogP contribution in [-0.4, -0.2) is 15.5 Å². The average Bonchev–Trinajstić information content (AvgIpc) is 2.31. The average molecular weight is 221 g/mol. The number of aryl methyl sites for hydroxylation is 1. The lowest BCUT2D eigenvalue weighted by atomic mass is 10.3. The number of aromatic amines is 1. The zero-order valence-electron chi connectivity index (χ0n) is 7.74. The summed E-state index contributed by atoms with van der Waals surface area (Å²) in [5, 5.41) is 0. The number of halogens is 1. The number of primary amides is 1. The summed E-state index contributed by atoms with van der Waals surface area (Å²) in [7, 11) is 0. The normalized spacial score (nSPS) is 9.50. The van der Waals surface area contributed by atoms with Gasteiger partial charge >= 0.3 is 5.69 Å². The van der Waals surface area contributed by atoms with Gasteiger partial charge in [-0.3, -0.25) is 9.36 Å².